The summed E-state index contributed by atoms with van der Waals surface area (Å²) in [4.78, 5) is 15.6. The summed E-state index contributed by atoms with van der Waals surface area (Å²) < 4.78 is 0. The second-order valence-electron chi connectivity index (χ2n) is 4.87. The molecule has 0 aliphatic carbocycles. The standard InChI is InChI=1S/C12H24N2O/c1-5-13(4)12(15)14-8-6-11(7-9-14)10(2)3/h10-11H,5-9H2,1-4H3. The second-order valence-corrected chi connectivity index (χ2v) is 4.87. The molecule has 2 amide bonds. The van der Waals surface area contributed by atoms with E-state index in [-0.39, 0.29) is 6.03 Å². The minimum atomic E-state index is 0.194. The monoisotopic (exact) mass is 212 g/mol. The van der Waals surface area contributed by atoms with Crippen LogP contribution in [0.1, 0.15) is 33.6 Å². The minimum Gasteiger partial charge on any atom is -0.328 e. The molecule has 3 heteroatoms. The van der Waals surface area contributed by atoms with Crippen molar-refractivity contribution in [1.29, 1.82) is 0 Å². The van der Waals surface area contributed by atoms with E-state index in [2.05, 4.69) is 13.8 Å². The lowest BCUT2D eigenvalue weighted by Crippen LogP contribution is -2.45. The van der Waals surface area contributed by atoms with Crippen molar-refractivity contribution in [2.45, 2.75) is 33.6 Å². The van der Waals surface area contributed by atoms with E-state index in [4.69, 9.17) is 0 Å². The molecular weight excluding hydrogens is 188 g/mol. The SMILES string of the molecule is CCN(C)C(=O)N1CCC(C(C)C)CC1. The van der Waals surface area contributed by atoms with Gasteiger partial charge >= 0.3 is 6.03 Å². The van der Waals surface area contributed by atoms with Gasteiger partial charge in [0.25, 0.3) is 0 Å². The van der Waals surface area contributed by atoms with E-state index < -0.39 is 0 Å². The summed E-state index contributed by atoms with van der Waals surface area (Å²) in [6, 6.07) is 0.194. The average Bonchev–Trinajstić information content (AvgIpc) is 2.27. The van der Waals surface area contributed by atoms with Crippen molar-refractivity contribution < 1.29 is 4.79 Å². The van der Waals surface area contributed by atoms with Gasteiger partial charge in [0.05, 0.1) is 0 Å². The summed E-state index contributed by atoms with van der Waals surface area (Å²) >= 11 is 0. The Bertz CT molecular complexity index is 208. The Morgan fingerprint density at radius 1 is 1.40 bits per heavy atom. The number of likely N-dealkylation sites (tertiary alicyclic amines) is 1. The second kappa shape index (κ2) is 5.38. The summed E-state index contributed by atoms with van der Waals surface area (Å²) in [5.41, 5.74) is 0. The van der Waals surface area contributed by atoms with E-state index in [0.29, 0.717) is 0 Å². The Morgan fingerprint density at radius 2 is 1.93 bits per heavy atom. The first-order chi connectivity index (χ1) is 7.06. The molecule has 0 aromatic rings. The van der Waals surface area contributed by atoms with Crippen molar-refractivity contribution in [3.63, 3.8) is 0 Å². The Morgan fingerprint density at radius 3 is 2.33 bits per heavy atom. The van der Waals surface area contributed by atoms with Crippen LogP contribution in [0.2, 0.25) is 0 Å². The van der Waals surface area contributed by atoms with Gasteiger partial charge in [-0.05, 0) is 31.6 Å². The third kappa shape index (κ3) is 3.11. The first-order valence-electron chi connectivity index (χ1n) is 6.06. The molecule has 0 unspecified atom stereocenters. The Kier molecular flexibility index (Phi) is 4.43. The topological polar surface area (TPSA) is 23.6 Å². The molecule has 0 bridgehead atoms. The summed E-state index contributed by atoms with van der Waals surface area (Å²) in [6.07, 6.45) is 2.34. The van der Waals surface area contributed by atoms with Crippen LogP contribution in [0.3, 0.4) is 0 Å². The van der Waals surface area contributed by atoms with Crippen LogP contribution in [0.4, 0.5) is 4.79 Å². The van der Waals surface area contributed by atoms with E-state index in [1.165, 1.54) is 12.8 Å². The van der Waals surface area contributed by atoms with Gasteiger partial charge in [0.2, 0.25) is 0 Å². The Balaban J connectivity index is 2.40. The number of hydrogen-bond acceptors (Lipinski definition) is 1. The Labute approximate surface area is 93.4 Å². The van der Waals surface area contributed by atoms with Crippen molar-refractivity contribution in [3.8, 4) is 0 Å². The zero-order valence-electron chi connectivity index (χ0n) is 10.5. The van der Waals surface area contributed by atoms with Crippen molar-refractivity contribution in [2.75, 3.05) is 26.7 Å². The molecule has 1 fully saturated rings. The lowest BCUT2D eigenvalue weighted by molar-refractivity contribution is 0.132. The van der Waals surface area contributed by atoms with Crippen molar-refractivity contribution in [3.05, 3.63) is 0 Å². The molecule has 1 rings (SSSR count). The highest BCUT2D eigenvalue weighted by Crippen LogP contribution is 2.24. The molecule has 0 aromatic heterocycles. The predicted molar refractivity (Wildman–Crippen MR) is 62.8 cm³/mol. The van der Waals surface area contributed by atoms with E-state index in [9.17, 15) is 4.79 Å². The quantitative estimate of drug-likeness (QED) is 0.689. The highest BCUT2D eigenvalue weighted by Gasteiger charge is 2.25. The number of piperidine rings is 1. The molecule has 0 aromatic carbocycles. The predicted octanol–water partition coefficient (Wildman–Crippen LogP) is 2.43. The van der Waals surface area contributed by atoms with Gasteiger partial charge in [-0.15, -0.1) is 0 Å². The van der Waals surface area contributed by atoms with Crippen LogP contribution in [-0.4, -0.2) is 42.5 Å². The molecular formula is C12H24N2O. The molecule has 1 heterocycles. The number of carbonyl (C=O) groups excluding carboxylic acids is 1. The van der Waals surface area contributed by atoms with Crippen LogP contribution in [-0.2, 0) is 0 Å². The normalized spacial score (nSPS) is 18.3. The molecule has 0 atom stereocenters. The van der Waals surface area contributed by atoms with Crippen molar-refractivity contribution >= 4 is 6.03 Å². The zero-order chi connectivity index (χ0) is 11.4. The highest BCUT2D eigenvalue weighted by molar-refractivity contribution is 5.74. The maximum Gasteiger partial charge on any atom is 0.319 e. The number of carbonyl (C=O) groups is 1. The van der Waals surface area contributed by atoms with Crippen LogP contribution >= 0.6 is 0 Å². The summed E-state index contributed by atoms with van der Waals surface area (Å²) in [6.45, 7) is 9.24. The lowest BCUT2D eigenvalue weighted by atomic mass is 9.87. The number of rotatable bonds is 2. The smallest absolute Gasteiger partial charge is 0.319 e. The molecule has 0 radical (unpaired) electrons. The van der Waals surface area contributed by atoms with Gasteiger partial charge in [0.1, 0.15) is 0 Å². The molecule has 0 N–H and O–H groups in total. The molecule has 1 aliphatic rings. The fraction of sp³-hybridized carbons (Fsp3) is 0.917. The number of hydrogen-bond donors (Lipinski definition) is 0. The molecule has 0 spiro atoms. The van der Waals surface area contributed by atoms with Crippen LogP contribution in [0.15, 0.2) is 0 Å². The maximum absolute atomic E-state index is 11.9. The number of nitrogens with zero attached hydrogens (tertiary/aromatic N) is 2. The van der Waals surface area contributed by atoms with Gasteiger partial charge in [-0.25, -0.2) is 4.79 Å². The summed E-state index contributed by atoms with van der Waals surface area (Å²) in [7, 11) is 1.87. The number of amides is 2. The minimum absolute atomic E-state index is 0.194. The summed E-state index contributed by atoms with van der Waals surface area (Å²) in [5.74, 6) is 1.56. The average molecular weight is 212 g/mol. The molecule has 1 aliphatic heterocycles. The zero-order valence-corrected chi connectivity index (χ0v) is 10.5. The van der Waals surface area contributed by atoms with Crippen LogP contribution in [0.25, 0.3) is 0 Å². The van der Waals surface area contributed by atoms with E-state index in [1.807, 2.05) is 18.9 Å². The van der Waals surface area contributed by atoms with Crippen LogP contribution in [0.5, 0.6) is 0 Å². The van der Waals surface area contributed by atoms with Gasteiger partial charge in [-0.1, -0.05) is 13.8 Å². The maximum atomic E-state index is 11.9. The summed E-state index contributed by atoms with van der Waals surface area (Å²) in [5, 5.41) is 0. The largest absolute Gasteiger partial charge is 0.328 e. The van der Waals surface area contributed by atoms with E-state index in [0.717, 1.165) is 31.5 Å². The van der Waals surface area contributed by atoms with Gasteiger partial charge in [-0.3, -0.25) is 0 Å². The molecule has 1 saturated heterocycles. The van der Waals surface area contributed by atoms with Crippen molar-refractivity contribution in [2.24, 2.45) is 11.8 Å². The fourth-order valence-electron chi connectivity index (χ4n) is 2.13. The highest BCUT2D eigenvalue weighted by atomic mass is 16.2. The van der Waals surface area contributed by atoms with E-state index in [1.54, 1.807) is 4.90 Å². The molecule has 0 saturated carbocycles. The van der Waals surface area contributed by atoms with Crippen LogP contribution < -0.4 is 0 Å². The first kappa shape index (κ1) is 12.3. The molecule has 15 heavy (non-hydrogen) atoms. The number of urea groups is 1. The Hall–Kier alpha value is -0.730. The molecule has 3 nitrogen and oxygen atoms in total. The van der Waals surface area contributed by atoms with E-state index >= 15 is 0 Å². The van der Waals surface area contributed by atoms with Gasteiger partial charge in [-0.2, -0.15) is 0 Å². The third-order valence-corrected chi connectivity index (χ3v) is 3.55. The molecule has 88 valence electrons. The third-order valence-electron chi connectivity index (χ3n) is 3.55. The lowest BCUT2D eigenvalue weighted by Gasteiger charge is -2.35. The van der Waals surface area contributed by atoms with Crippen molar-refractivity contribution in [1.82, 2.24) is 9.80 Å². The van der Waals surface area contributed by atoms with Gasteiger partial charge in [0.15, 0.2) is 0 Å². The van der Waals surface area contributed by atoms with Gasteiger partial charge in [0, 0.05) is 26.7 Å². The first-order valence-corrected chi connectivity index (χ1v) is 6.06. The van der Waals surface area contributed by atoms with Gasteiger partial charge < -0.3 is 9.80 Å². The van der Waals surface area contributed by atoms with Crippen LogP contribution in [0, 0.1) is 11.8 Å². The fourth-order valence-corrected chi connectivity index (χ4v) is 2.13.